The number of anilines is 1. The Morgan fingerprint density at radius 3 is 2.81 bits per heavy atom. The van der Waals surface area contributed by atoms with Crippen molar-refractivity contribution in [2.24, 2.45) is 0 Å². The molecule has 1 amide bonds. The second kappa shape index (κ2) is 6.50. The van der Waals surface area contributed by atoms with Gasteiger partial charge in [0, 0.05) is 11.6 Å². The SMILES string of the molecule is COCCC(=O)Nc1cc(Br)ccc1OC. The van der Waals surface area contributed by atoms with Gasteiger partial charge in [-0.3, -0.25) is 4.79 Å². The first-order valence-electron chi connectivity index (χ1n) is 4.79. The van der Waals surface area contributed by atoms with Crippen molar-refractivity contribution < 1.29 is 14.3 Å². The summed E-state index contributed by atoms with van der Waals surface area (Å²) < 4.78 is 10.9. The third kappa shape index (κ3) is 3.83. The molecule has 0 aromatic heterocycles. The van der Waals surface area contributed by atoms with E-state index in [0.29, 0.717) is 24.5 Å². The first kappa shape index (κ1) is 13.0. The summed E-state index contributed by atoms with van der Waals surface area (Å²) in [7, 11) is 3.13. The fraction of sp³-hybridized carbons (Fsp3) is 0.364. The Hall–Kier alpha value is -1.07. The van der Waals surface area contributed by atoms with Gasteiger partial charge in [-0.2, -0.15) is 0 Å². The summed E-state index contributed by atoms with van der Waals surface area (Å²) in [5.74, 6) is 0.534. The smallest absolute Gasteiger partial charge is 0.226 e. The Kier molecular flexibility index (Phi) is 5.28. The molecule has 1 N–H and O–H groups in total. The number of benzene rings is 1. The highest BCUT2D eigenvalue weighted by Crippen LogP contribution is 2.27. The van der Waals surface area contributed by atoms with Crippen LogP contribution in [0.15, 0.2) is 22.7 Å². The molecular formula is C11H14BrNO3. The second-order valence-electron chi connectivity index (χ2n) is 3.14. The Bertz CT molecular complexity index is 368. The minimum absolute atomic E-state index is 0.0988. The van der Waals surface area contributed by atoms with Crippen LogP contribution in [0.2, 0.25) is 0 Å². The zero-order valence-electron chi connectivity index (χ0n) is 9.25. The maximum absolute atomic E-state index is 11.5. The molecule has 1 aromatic carbocycles. The van der Waals surface area contributed by atoms with E-state index in [2.05, 4.69) is 21.2 Å². The fourth-order valence-electron chi connectivity index (χ4n) is 1.19. The molecule has 0 aliphatic heterocycles. The van der Waals surface area contributed by atoms with Crippen molar-refractivity contribution in [1.82, 2.24) is 0 Å². The van der Waals surface area contributed by atoms with Crippen LogP contribution in [0.25, 0.3) is 0 Å². The fourth-order valence-corrected chi connectivity index (χ4v) is 1.55. The van der Waals surface area contributed by atoms with Gasteiger partial charge in [0.05, 0.1) is 25.8 Å². The van der Waals surface area contributed by atoms with Gasteiger partial charge >= 0.3 is 0 Å². The molecule has 0 unspecified atom stereocenters. The second-order valence-corrected chi connectivity index (χ2v) is 4.05. The minimum Gasteiger partial charge on any atom is -0.495 e. The minimum atomic E-state index is -0.0988. The lowest BCUT2D eigenvalue weighted by Crippen LogP contribution is -2.14. The zero-order chi connectivity index (χ0) is 12.0. The predicted molar refractivity (Wildman–Crippen MR) is 65.8 cm³/mol. The van der Waals surface area contributed by atoms with Crippen LogP contribution in [-0.4, -0.2) is 26.7 Å². The number of carbonyl (C=O) groups excluding carboxylic acids is 1. The van der Waals surface area contributed by atoms with Gasteiger partial charge < -0.3 is 14.8 Å². The van der Waals surface area contributed by atoms with E-state index in [0.717, 1.165) is 4.47 Å². The number of carbonyl (C=O) groups is 1. The third-order valence-electron chi connectivity index (χ3n) is 1.97. The van der Waals surface area contributed by atoms with Crippen molar-refractivity contribution in [2.75, 3.05) is 26.1 Å². The summed E-state index contributed by atoms with van der Waals surface area (Å²) in [5, 5.41) is 2.76. The van der Waals surface area contributed by atoms with Crippen LogP contribution < -0.4 is 10.1 Å². The molecule has 0 saturated heterocycles. The van der Waals surface area contributed by atoms with Gasteiger partial charge in [-0.1, -0.05) is 15.9 Å². The highest BCUT2D eigenvalue weighted by molar-refractivity contribution is 9.10. The summed E-state index contributed by atoms with van der Waals surface area (Å²) >= 11 is 3.34. The van der Waals surface area contributed by atoms with Crippen LogP contribution in [0.1, 0.15) is 6.42 Å². The van der Waals surface area contributed by atoms with Gasteiger partial charge in [-0.15, -0.1) is 0 Å². The van der Waals surface area contributed by atoms with Crippen molar-refractivity contribution in [1.29, 1.82) is 0 Å². The normalized spacial score (nSPS) is 9.94. The topological polar surface area (TPSA) is 47.6 Å². The van der Waals surface area contributed by atoms with Gasteiger partial charge in [0.25, 0.3) is 0 Å². The first-order valence-corrected chi connectivity index (χ1v) is 5.59. The molecule has 1 aromatic rings. The molecule has 0 aliphatic carbocycles. The van der Waals surface area contributed by atoms with Gasteiger partial charge in [-0.05, 0) is 18.2 Å². The maximum atomic E-state index is 11.5. The number of nitrogens with one attached hydrogen (secondary N) is 1. The molecule has 0 aliphatic rings. The Morgan fingerprint density at radius 2 is 2.19 bits per heavy atom. The summed E-state index contributed by atoms with van der Waals surface area (Å²) in [6.07, 6.45) is 0.326. The lowest BCUT2D eigenvalue weighted by atomic mass is 10.3. The van der Waals surface area contributed by atoms with E-state index in [-0.39, 0.29) is 5.91 Å². The zero-order valence-corrected chi connectivity index (χ0v) is 10.8. The highest BCUT2D eigenvalue weighted by Gasteiger charge is 2.07. The highest BCUT2D eigenvalue weighted by atomic mass is 79.9. The number of halogens is 1. The van der Waals surface area contributed by atoms with E-state index in [1.54, 1.807) is 26.4 Å². The van der Waals surface area contributed by atoms with Gasteiger partial charge in [-0.25, -0.2) is 0 Å². The van der Waals surface area contributed by atoms with Crippen LogP contribution in [0.4, 0.5) is 5.69 Å². The molecule has 0 radical (unpaired) electrons. The van der Waals surface area contributed by atoms with E-state index in [1.807, 2.05) is 6.07 Å². The van der Waals surface area contributed by atoms with Crippen LogP contribution in [0.3, 0.4) is 0 Å². The summed E-state index contributed by atoms with van der Waals surface area (Å²) in [5.41, 5.74) is 0.651. The van der Waals surface area contributed by atoms with Crippen LogP contribution >= 0.6 is 15.9 Å². The largest absolute Gasteiger partial charge is 0.495 e. The van der Waals surface area contributed by atoms with Crippen LogP contribution in [0.5, 0.6) is 5.75 Å². The number of ether oxygens (including phenoxy) is 2. The van der Waals surface area contributed by atoms with Gasteiger partial charge in [0.2, 0.25) is 5.91 Å². The first-order chi connectivity index (χ1) is 7.67. The predicted octanol–water partition coefficient (Wildman–Crippen LogP) is 2.43. The molecule has 0 saturated carbocycles. The van der Waals surface area contributed by atoms with Crippen molar-refractivity contribution in [2.45, 2.75) is 6.42 Å². The van der Waals surface area contributed by atoms with E-state index < -0.39 is 0 Å². The third-order valence-corrected chi connectivity index (χ3v) is 2.46. The summed E-state index contributed by atoms with van der Waals surface area (Å²) in [6, 6.07) is 5.43. The van der Waals surface area contributed by atoms with Gasteiger partial charge in [0.1, 0.15) is 5.75 Å². The quantitative estimate of drug-likeness (QED) is 0.905. The lowest BCUT2D eigenvalue weighted by Gasteiger charge is -2.10. The van der Waals surface area contributed by atoms with E-state index in [9.17, 15) is 4.79 Å². The Labute approximate surface area is 103 Å². The summed E-state index contributed by atoms with van der Waals surface area (Å²) in [4.78, 5) is 11.5. The molecular weight excluding hydrogens is 274 g/mol. The molecule has 88 valence electrons. The van der Waals surface area contributed by atoms with E-state index >= 15 is 0 Å². The van der Waals surface area contributed by atoms with Gasteiger partial charge in [0.15, 0.2) is 0 Å². The molecule has 0 atom stereocenters. The average molecular weight is 288 g/mol. The average Bonchev–Trinajstić information content (AvgIpc) is 2.27. The Balaban J connectivity index is 2.71. The van der Waals surface area contributed by atoms with Crippen molar-refractivity contribution >= 4 is 27.5 Å². The monoisotopic (exact) mass is 287 g/mol. The standard InChI is InChI=1S/C11H14BrNO3/c1-15-6-5-11(14)13-9-7-8(12)3-4-10(9)16-2/h3-4,7H,5-6H2,1-2H3,(H,13,14). The molecule has 0 fully saturated rings. The summed E-state index contributed by atoms with van der Waals surface area (Å²) in [6.45, 7) is 0.405. The van der Waals surface area contributed by atoms with Crippen molar-refractivity contribution in [3.63, 3.8) is 0 Å². The number of hydrogen-bond acceptors (Lipinski definition) is 3. The van der Waals surface area contributed by atoms with Crippen molar-refractivity contribution in [3.05, 3.63) is 22.7 Å². The van der Waals surface area contributed by atoms with Crippen molar-refractivity contribution in [3.8, 4) is 5.75 Å². The Morgan fingerprint density at radius 1 is 1.44 bits per heavy atom. The molecule has 1 rings (SSSR count). The van der Waals surface area contributed by atoms with Crippen LogP contribution in [0, 0.1) is 0 Å². The number of amides is 1. The molecule has 0 bridgehead atoms. The molecule has 0 spiro atoms. The van der Waals surface area contributed by atoms with Crippen LogP contribution in [-0.2, 0) is 9.53 Å². The molecule has 4 nitrogen and oxygen atoms in total. The number of rotatable bonds is 5. The molecule has 0 heterocycles. The molecule has 5 heteroatoms. The maximum Gasteiger partial charge on any atom is 0.226 e. The van der Waals surface area contributed by atoms with E-state index in [1.165, 1.54) is 0 Å². The lowest BCUT2D eigenvalue weighted by molar-refractivity contribution is -0.117. The van der Waals surface area contributed by atoms with E-state index in [4.69, 9.17) is 9.47 Å². The number of hydrogen-bond donors (Lipinski definition) is 1. The number of methoxy groups -OCH3 is 2. The molecule has 16 heavy (non-hydrogen) atoms.